The van der Waals surface area contributed by atoms with Crippen LogP contribution < -0.4 is 5.32 Å². The molecule has 1 unspecified atom stereocenters. The number of carbonyl (C=O) groups excluding carboxylic acids is 1. The van der Waals surface area contributed by atoms with Gasteiger partial charge in [-0.1, -0.05) is 29.3 Å². The van der Waals surface area contributed by atoms with Gasteiger partial charge in [-0.3, -0.25) is 4.79 Å². The normalized spacial score (nSPS) is 21.3. The van der Waals surface area contributed by atoms with Crippen LogP contribution in [0.15, 0.2) is 18.2 Å². The third kappa shape index (κ3) is 3.84. The number of sulfone groups is 1. The molecular formula is C12H13Cl2NO3S. The highest BCUT2D eigenvalue weighted by molar-refractivity contribution is 7.91. The van der Waals surface area contributed by atoms with Crippen LogP contribution in [0.5, 0.6) is 0 Å². The Labute approximate surface area is 122 Å². The Morgan fingerprint density at radius 1 is 1.32 bits per heavy atom. The van der Waals surface area contributed by atoms with Crippen LogP contribution in [0, 0.1) is 0 Å². The first-order chi connectivity index (χ1) is 8.87. The molecule has 0 aromatic heterocycles. The Morgan fingerprint density at radius 3 is 2.47 bits per heavy atom. The number of amides is 1. The SMILES string of the molecule is O=C(Cc1c(Cl)cccc1Cl)NC1CCS(=O)(=O)C1. The standard InChI is InChI=1S/C12H13Cl2NO3S/c13-10-2-1-3-11(14)9(10)6-12(16)15-8-4-5-19(17,18)7-8/h1-3,8H,4-7H2,(H,15,16). The molecule has 0 spiro atoms. The van der Waals surface area contributed by atoms with E-state index in [0.717, 1.165) is 0 Å². The molecule has 1 N–H and O–H groups in total. The molecule has 1 atom stereocenters. The van der Waals surface area contributed by atoms with E-state index in [1.54, 1.807) is 18.2 Å². The molecule has 104 valence electrons. The Balaban J connectivity index is 1.99. The van der Waals surface area contributed by atoms with Gasteiger partial charge in [-0.25, -0.2) is 8.42 Å². The van der Waals surface area contributed by atoms with Gasteiger partial charge in [-0.05, 0) is 24.1 Å². The summed E-state index contributed by atoms with van der Waals surface area (Å²) in [5.74, 6) is -0.128. The molecule has 0 bridgehead atoms. The molecular weight excluding hydrogens is 309 g/mol. The molecule has 7 heteroatoms. The predicted octanol–water partition coefficient (Wildman–Crippen LogP) is 1.84. The lowest BCUT2D eigenvalue weighted by molar-refractivity contribution is -0.120. The van der Waals surface area contributed by atoms with Crippen molar-refractivity contribution < 1.29 is 13.2 Å². The monoisotopic (exact) mass is 321 g/mol. The van der Waals surface area contributed by atoms with Crippen LogP contribution in [0.4, 0.5) is 0 Å². The Hall–Kier alpha value is -0.780. The minimum Gasteiger partial charge on any atom is -0.352 e. The largest absolute Gasteiger partial charge is 0.352 e. The highest BCUT2D eigenvalue weighted by atomic mass is 35.5. The lowest BCUT2D eigenvalue weighted by Gasteiger charge is -2.12. The molecule has 2 rings (SSSR count). The molecule has 1 aliphatic rings. The number of rotatable bonds is 3. The van der Waals surface area contributed by atoms with E-state index in [2.05, 4.69) is 5.32 Å². The van der Waals surface area contributed by atoms with Gasteiger partial charge in [-0.15, -0.1) is 0 Å². The first-order valence-corrected chi connectivity index (χ1v) is 8.38. The van der Waals surface area contributed by atoms with Crippen molar-refractivity contribution in [2.75, 3.05) is 11.5 Å². The maximum absolute atomic E-state index is 11.9. The number of carbonyl (C=O) groups is 1. The van der Waals surface area contributed by atoms with Crippen LogP contribution >= 0.6 is 23.2 Å². The zero-order chi connectivity index (χ0) is 14.0. The second-order valence-corrected chi connectivity index (χ2v) is 7.59. The number of hydrogen-bond acceptors (Lipinski definition) is 3. The summed E-state index contributed by atoms with van der Waals surface area (Å²) in [5.41, 5.74) is 0.559. The number of halogens is 2. The zero-order valence-electron chi connectivity index (χ0n) is 10.0. The van der Waals surface area contributed by atoms with Crippen molar-refractivity contribution in [3.05, 3.63) is 33.8 Å². The van der Waals surface area contributed by atoms with E-state index < -0.39 is 9.84 Å². The quantitative estimate of drug-likeness (QED) is 0.923. The first kappa shape index (κ1) is 14.6. The smallest absolute Gasteiger partial charge is 0.224 e. The van der Waals surface area contributed by atoms with Crippen molar-refractivity contribution >= 4 is 38.9 Å². The fourth-order valence-corrected chi connectivity index (χ4v) is 4.25. The Bertz CT molecular complexity index is 581. The molecule has 1 aromatic rings. The van der Waals surface area contributed by atoms with E-state index in [9.17, 15) is 13.2 Å². The molecule has 0 radical (unpaired) electrons. The number of nitrogens with one attached hydrogen (secondary N) is 1. The maximum atomic E-state index is 11.9. The summed E-state index contributed by atoms with van der Waals surface area (Å²) in [6.45, 7) is 0. The second kappa shape index (κ2) is 5.69. The molecule has 1 aliphatic heterocycles. The maximum Gasteiger partial charge on any atom is 0.224 e. The number of benzene rings is 1. The molecule has 19 heavy (non-hydrogen) atoms. The minimum atomic E-state index is -3.00. The van der Waals surface area contributed by atoms with Gasteiger partial charge in [0.15, 0.2) is 9.84 Å². The third-order valence-corrected chi connectivity index (χ3v) is 5.47. The highest BCUT2D eigenvalue weighted by Gasteiger charge is 2.29. The molecule has 1 amide bonds. The molecule has 1 heterocycles. The van der Waals surface area contributed by atoms with E-state index in [0.29, 0.717) is 22.0 Å². The molecule has 0 saturated carbocycles. The molecule has 4 nitrogen and oxygen atoms in total. The van der Waals surface area contributed by atoms with Crippen LogP contribution in [-0.2, 0) is 21.1 Å². The van der Waals surface area contributed by atoms with E-state index in [4.69, 9.17) is 23.2 Å². The molecule has 1 fully saturated rings. The summed E-state index contributed by atoms with van der Waals surface area (Å²) in [6, 6.07) is 4.72. The Kier molecular flexibility index (Phi) is 4.38. The summed E-state index contributed by atoms with van der Waals surface area (Å²) >= 11 is 12.0. The van der Waals surface area contributed by atoms with Crippen LogP contribution in [-0.4, -0.2) is 31.9 Å². The average molecular weight is 322 g/mol. The predicted molar refractivity (Wildman–Crippen MR) is 75.4 cm³/mol. The van der Waals surface area contributed by atoms with Crippen LogP contribution in [0.1, 0.15) is 12.0 Å². The van der Waals surface area contributed by atoms with Gasteiger partial charge in [0, 0.05) is 16.1 Å². The van der Waals surface area contributed by atoms with Gasteiger partial charge in [0.25, 0.3) is 0 Å². The summed E-state index contributed by atoms with van der Waals surface area (Å²) in [5, 5.41) is 3.57. The summed E-state index contributed by atoms with van der Waals surface area (Å²) in [6.07, 6.45) is 0.513. The van der Waals surface area contributed by atoms with Crippen molar-refractivity contribution in [1.82, 2.24) is 5.32 Å². The van der Waals surface area contributed by atoms with Crippen molar-refractivity contribution in [3.63, 3.8) is 0 Å². The van der Waals surface area contributed by atoms with E-state index in [-0.39, 0.29) is 29.9 Å². The van der Waals surface area contributed by atoms with Crippen molar-refractivity contribution in [1.29, 1.82) is 0 Å². The van der Waals surface area contributed by atoms with Crippen LogP contribution in [0.25, 0.3) is 0 Å². The molecule has 1 aromatic carbocycles. The lowest BCUT2D eigenvalue weighted by atomic mass is 10.1. The summed E-state index contributed by atoms with van der Waals surface area (Å²) in [7, 11) is -3.00. The summed E-state index contributed by atoms with van der Waals surface area (Å²) < 4.78 is 22.6. The first-order valence-electron chi connectivity index (χ1n) is 5.80. The molecule has 0 aliphatic carbocycles. The second-order valence-electron chi connectivity index (χ2n) is 4.54. The van der Waals surface area contributed by atoms with Gasteiger partial charge in [-0.2, -0.15) is 0 Å². The van der Waals surface area contributed by atoms with Crippen molar-refractivity contribution in [3.8, 4) is 0 Å². The summed E-state index contributed by atoms with van der Waals surface area (Å²) in [4.78, 5) is 11.9. The fourth-order valence-electron chi connectivity index (χ4n) is 2.05. The molecule has 1 saturated heterocycles. The van der Waals surface area contributed by atoms with Crippen molar-refractivity contribution in [2.45, 2.75) is 18.9 Å². The average Bonchev–Trinajstić information content (AvgIpc) is 2.63. The van der Waals surface area contributed by atoms with Gasteiger partial charge < -0.3 is 5.32 Å². The van der Waals surface area contributed by atoms with Gasteiger partial charge in [0.05, 0.1) is 17.9 Å². The lowest BCUT2D eigenvalue weighted by Crippen LogP contribution is -2.36. The van der Waals surface area contributed by atoms with Crippen LogP contribution in [0.3, 0.4) is 0 Å². The van der Waals surface area contributed by atoms with Gasteiger partial charge in [0.1, 0.15) is 0 Å². The van der Waals surface area contributed by atoms with E-state index in [1.165, 1.54) is 0 Å². The zero-order valence-corrected chi connectivity index (χ0v) is 12.4. The van der Waals surface area contributed by atoms with Gasteiger partial charge >= 0.3 is 0 Å². The van der Waals surface area contributed by atoms with Crippen LogP contribution in [0.2, 0.25) is 10.0 Å². The number of hydrogen-bond donors (Lipinski definition) is 1. The highest BCUT2D eigenvalue weighted by Crippen LogP contribution is 2.24. The van der Waals surface area contributed by atoms with E-state index in [1.807, 2.05) is 0 Å². The minimum absolute atomic E-state index is 0.00892. The van der Waals surface area contributed by atoms with Gasteiger partial charge in [0.2, 0.25) is 5.91 Å². The Morgan fingerprint density at radius 2 is 1.95 bits per heavy atom. The third-order valence-electron chi connectivity index (χ3n) is 3.00. The van der Waals surface area contributed by atoms with E-state index >= 15 is 0 Å². The fraction of sp³-hybridized carbons (Fsp3) is 0.417. The van der Waals surface area contributed by atoms with Crippen molar-refractivity contribution in [2.24, 2.45) is 0 Å². The topological polar surface area (TPSA) is 63.2 Å².